The molecule has 0 spiro atoms. The van der Waals surface area contributed by atoms with Crippen molar-refractivity contribution >= 4 is 28.8 Å². The smallest absolute Gasteiger partial charge is 0.325 e. The third-order valence-corrected chi connectivity index (χ3v) is 3.56. The van der Waals surface area contributed by atoms with Crippen LogP contribution in [0.3, 0.4) is 0 Å². The molecule has 3 N–H and O–H groups in total. The third kappa shape index (κ3) is 3.56. The van der Waals surface area contributed by atoms with Gasteiger partial charge in [0.2, 0.25) is 5.88 Å². The summed E-state index contributed by atoms with van der Waals surface area (Å²) in [6.45, 7) is 2.32. The number of nitrogens with one attached hydrogen (secondary N) is 3. The fourth-order valence-corrected chi connectivity index (χ4v) is 2.42. The molecule has 0 fully saturated rings. The van der Waals surface area contributed by atoms with Gasteiger partial charge in [0.05, 0.1) is 5.52 Å². The van der Waals surface area contributed by atoms with Crippen LogP contribution in [0, 0.1) is 0 Å². The zero-order chi connectivity index (χ0) is 18.5. The molecule has 0 saturated heterocycles. The first kappa shape index (κ1) is 17.2. The van der Waals surface area contributed by atoms with Crippen LogP contribution in [0.5, 0.6) is 11.6 Å². The van der Waals surface area contributed by atoms with E-state index >= 15 is 0 Å². The first-order valence-electron chi connectivity index (χ1n) is 7.99. The van der Waals surface area contributed by atoms with Crippen molar-refractivity contribution in [1.29, 1.82) is 0 Å². The lowest BCUT2D eigenvalue weighted by molar-refractivity contribution is 0.245. The molecule has 0 aliphatic rings. The minimum Gasteiger partial charge on any atom is -0.438 e. The van der Waals surface area contributed by atoms with Crippen LogP contribution in [-0.2, 0) is 0 Å². The van der Waals surface area contributed by atoms with Gasteiger partial charge in [-0.2, -0.15) is 0 Å². The van der Waals surface area contributed by atoms with E-state index in [-0.39, 0.29) is 17.9 Å². The van der Waals surface area contributed by atoms with Crippen LogP contribution in [-0.4, -0.2) is 40.2 Å². The average molecular weight is 354 g/mol. The average Bonchev–Trinajstić information content (AvgIpc) is 3.07. The number of carbonyl (C=O) groups excluding carboxylic acids is 2. The summed E-state index contributed by atoms with van der Waals surface area (Å²) in [5.74, 6) is 1.12. The lowest BCUT2D eigenvalue weighted by Crippen LogP contribution is -2.28. The van der Waals surface area contributed by atoms with Crippen LogP contribution in [0.25, 0.3) is 10.9 Å². The summed E-state index contributed by atoms with van der Waals surface area (Å²) in [4.78, 5) is 31.5. The van der Waals surface area contributed by atoms with Gasteiger partial charge in [0.25, 0.3) is 0 Å². The fourth-order valence-electron chi connectivity index (χ4n) is 2.42. The van der Waals surface area contributed by atoms with Crippen LogP contribution in [0.15, 0.2) is 42.9 Å². The lowest BCUT2D eigenvalue weighted by Gasteiger charge is -2.09. The Morgan fingerprint density at radius 3 is 2.85 bits per heavy atom. The van der Waals surface area contributed by atoms with E-state index in [1.54, 1.807) is 31.4 Å². The Labute approximate surface area is 149 Å². The molecule has 9 heteroatoms. The van der Waals surface area contributed by atoms with Gasteiger partial charge in [0.1, 0.15) is 17.9 Å². The van der Waals surface area contributed by atoms with Crippen molar-refractivity contribution < 1.29 is 14.3 Å². The first-order valence-corrected chi connectivity index (χ1v) is 7.99. The quantitative estimate of drug-likeness (QED) is 0.667. The Morgan fingerprint density at radius 1 is 1.23 bits per heavy atom. The standard InChI is InChI=1S/C17H18N6O3/c1-3-19-16(24)22-14-9-15(21-10-20-14)26-13-6-4-5-12-11(13)7-8-23(12)17(25)18-2/h4-10H,3H2,1-2H3,(H,18,25)(H2,19,20,21,22,24). The Bertz CT molecular complexity index is 953. The third-order valence-electron chi connectivity index (χ3n) is 3.56. The zero-order valence-electron chi connectivity index (χ0n) is 14.3. The van der Waals surface area contributed by atoms with Gasteiger partial charge < -0.3 is 15.4 Å². The maximum Gasteiger partial charge on any atom is 0.325 e. The molecule has 0 saturated carbocycles. The van der Waals surface area contributed by atoms with Gasteiger partial charge in [-0.25, -0.2) is 19.6 Å². The van der Waals surface area contributed by atoms with E-state index in [9.17, 15) is 9.59 Å². The van der Waals surface area contributed by atoms with Gasteiger partial charge in [-0.1, -0.05) is 6.07 Å². The van der Waals surface area contributed by atoms with Crippen molar-refractivity contribution in [2.75, 3.05) is 18.9 Å². The monoisotopic (exact) mass is 354 g/mol. The molecule has 3 amide bonds. The van der Waals surface area contributed by atoms with Gasteiger partial charge in [0.15, 0.2) is 0 Å². The molecular formula is C17H18N6O3. The van der Waals surface area contributed by atoms with Gasteiger partial charge >= 0.3 is 12.1 Å². The van der Waals surface area contributed by atoms with Gasteiger partial charge in [-0.15, -0.1) is 0 Å². The molecule has 2 heterocycles. The molecule has 0 aliphatic carbocycles. The maximum absolute atomic E-state index is 11.9. The van der Waals surface area contributed by atoms with Crippen LogP contribution in [0.2, 0.25) is 0 Å². The zero-order valence-corrected chi connectivity index (χ0v) is 14.3. The number of rotatable bonds is 4. The van der Waals surface area contributed by atoms with Crippen LogP contribution >= 0.6 is 0 Å². The minimum absolute atomic E-state index is 0.243. The second-order valence-corrected chi connectivity index (χ2v) is 5.26. The first-order chi connectivity index (χ1) is 12.6. The van der Waals surface area contributed by atoms with Gasteiger partial charge in [-0.3, -0.25) is 9.88 Å². The van der Waals surface area contributed by atoms with Crippen LogP contribution in [0.1, 0.15) is 6.92 Å². The molecular weight excluding hydrogens is 336 g/mol. The Hall–Kier alpha value is -3.62. The number of fused-ring (bicyclic) bond motifs is 1. The fraction of sp³-hybridized carbons (Fsp3) is 0.176. The largest absolute Gasteiger partial charge is 0.438 e. The predicted octanol–water partition coefficient (Wildman–Crippen LogP) is 2.55. The number of hydrogen-bond acceptors (Lipinski definition) is 5. The van der Waals surface area contributed by atoms with Crippen molar-refractivity contribution in [3.8, 4) is 11.6 Å². The molecule has 0 bridgehead atoms. The number of urea groups is 1. The maximum atomic E-state index is 11.9. The molecule has 0 atom stereocenters. The number of anilines is 1. The van der Waals surface area contributed by atoms with Crippen molar-refractivity contribution in [2.24, 2.45) is 0 Å². The lowest BCUT2D eigenvalue weighted by atomic mass is 10.2. The summed E-state index contributed by atoms with van der Waals surface area (Å²) in [6, 6.07) is 8.08. The highest BCUT2D eigenvalue weighted by atomic mass is 16.5. The number of ether oxygens (including phenoxy) is 1. The molecule has 9 nitrogen and oxygen atoms in total. The number of aromatic nitrogens is 3. The topological polar surface area (TPSA) is 110 Å². The Kier molecular flexibility index (Phi) is 4.97. The summed E-state index contributed by atoms with van der Waals surface area (Å²) in [5, 5.41) is 8.55. The summed E-state index contributed by atoms with van der Waals surface area (Å²) < 4.78 is 7.32. The second kappa shape index (κ2) is 7.51. The van der Waals surface area contributed by atoms with E-state index in [1.165, 1.54) is 17.0 Å². The highest BCUT2D eigenvalue weighted by Crippen LogP contribution is 2.30. The summed E-state index contributed by atoms with van der Waals surface area (Å²) in [5.41, 5.74) is 0.705. The van der Waals surface area contributed by atoms with Crippen molar-refractivity contribution in [1.82, 2.24) is 25.2 Å². The number of benzene rings is 1. The molecule has 2 aromatic heterocycles. The molecule has 0 radical (unpaired) electrons. The second-order valence-electron chi connectivity index (χ2n) is 5.26. The van der Waals surface area contributed by atoms with E-state index in [1.807, 2.05) is 13.0 Å². The van der Waals surface area contributed by atoms with E-state index in [2.05, 4.69) is 25.9 Å². The van der Waals surface area contributed by atoms with Crippen LogP contribution < -0.4 is 20.7 Å². The van der Waals surface area contributed by atoms with Crippen molar-refractivity contribution in [3.63, 3.8) is 0 Å². The highest BCUT2D eigenvalue weighted by Gasteiger charge is 2.12. The van der Waals surface area contributed by atoms with Gasteiger partial charge in [0, 0.05) is 31.2 Å². The molecule has 0 unspecified atom stereocenters. The highest BCUT2D eigenvalue weighted by molar-refractivity contribution is 5.94. The minimum atomic E-state index is -0.359. The van der Waals surface area contributed by atoms with E-state index in [0.29, 0.717) is 23.6 Å². The molecule has 3 rings (SSSR count). The Balaban J connectivity index is 1.86. The summed E-state index contributed by atoms with van der Waals surface area (Å²) in [6.07, 6.45) is 2.96. The van der Waals surface area contributed by atoms with E-state index in [0.717, 1.165) is 5.39 Å². The molecule has 26 heavy (non-hydrogen) atoms. The number of hydrogen-bond donors (Lipinski definition) is 3. The van der Waals surface area contributed by atoms with E-state index in [4.69, 9.17) is 4.74 Å². The molecule has 0 aliphatic heterocycles. The van der Waals surface area contributed by atoms with Crippen LogP contribution in [0.4, 0.5) is 15.4 Å². The van der Waals surface area contributed by atoms with E-state index < -0.39 is 0 Å². The molecule has 3 aromatic rings. The van der Waals surface area contributed by atoms with Crippen molar-refractivity contribution in [3.05, 3.63) is 42.9 Å². The Morgan fingerprint density at radius 2 is 2.08 bits per heavy atom. The summed E-state index contributed by atoms with van der Waals surface area (Å²) in [7, 11) is 1.57. The molecule has 1 aromatic carbocycles. The number of amides is 3. The molecule has 134 valence electrons. The number of nitrogens with zero attached hydrogens (tertiary/aromatic N) is 3. The summed E-state index contributed by atoms with van der Waals surface area (Å²) >= 11 is 0. The normalized spacial score (nSPS) is 10.4. The van der Waals surface area contributed by atoms with Gasteiger partial charge in [-0.05, 0) is 25.1 Å². The predicted molar refractivity (Wildman–Crippen MR) is 96.6 cm³/mol. The number of carbonyl (C=O) groups is 2. The SMILES string of the molecule is CCNC(=O)Nc1cc(Oc2cccc3c2ccn3C(=O)NC)ncn1. The van der Waals surface area contributed by atoms with Crippen molar-refractivity contribution in [2.45, 2.75) is 6.92 Å².